The number of piperazine rings is 1. The zero-order valence-electron chi connectivity index (χ0n) is 11.7. The van der Waals surface area contributed by atoms with Gasteiger partial charge in [-0.25, -0.2) is 0 Å². The number of amides is 1. The predicted molar refractivity (Wildman–Crippen MR) is 74.4 cm³/mol. The van der Waals surface area contributed by atoms with Crippen molar-refractivity contribution in [2.45, 2.75) is 45.2 Å². The summed E-state index contributed by atoms with van der Waals surface area (Å²) in [6, 6.07) is 0.192. The van der Waals surface area contributed by atoms with Gasteiger partial charge < -0.3 is 16.4 Å². The summed E-state index contributed by atoms with van der Waals surface area (Å²) in [6.45, 7) is 8.23. The Labute approximate surface area is 110 Å². The van der Waals surface area contributed by atoms with E-state index in [4.69, 9.17) is 5.73 Å². The number of hydrogen-bond acceptors (Lipinski definition) is 4. The van der Waals surface area contributed by atoms with Crippen molar-refractivity contribution in [3.63, 3.8) is 0 Å². The molecular formula is C13H28N4O. The van der Waals surface area contributed by atoms with E-state index in [0.717, 1.165) is 32.6 Å². The second kappa shape index (κ2) is 8.45. The lowest BCUT2D eigenvalue weighted by atomic mass is 10.1. The molecule has 0 radical (unpaired) electrons. The Morgan fingerprint density at radius 1 is 1.56 bits per heavy atom. The molecule has 5 heteroatoms. The van der Waals surface area contributed by atoms with Crippen LogP contribution in [0.3, 0.4) is 0 Å². The van der Waals surface area contributed by atoms with Crippen molar-refractivity contribution < 1.29 is 4.79 Å². The minimum atomic E-state index is -0.0812. The van der Waals surface area contributed by atoms with Crippen LogP contribution in [0.5, 0.6) is 0 Å². The fraction of sp³-hybridized carbons (Fsp3) is 0.923. The van der Waals surface area contributed by atoms with Crippen LogP contribution in [0.1, 0.15) is 33.1 Å². The highest BCUT2D eigenvalue weighted by Gasteiger charge is 2.28. The molecule has 1 amide bonds. The maximum Gasteiger partial charge on any atom is 0.237 e. The third-order valence-corrected chi connectivity index (χ3v) is 3.62. The van der Waals surface area contributed by atoms with Crippen molar-refractivity contribution in [1.82, 2.24) is 15.5 Å². The van der Waals surface area contributed by atoms with Crippen molar-refractivity contribution in [2.75, 3.05) is 32.7 Å². The molecule has 0 bridgehead atoms. The average molecular weight is 256 g/mol. The van der Waals surface area contributed by atoms with Gasteiger partial charge >= 0.3 is 0 Å². The summed E-state index contributed by atoms with van der Waals surface area (Å²) in [4.78, 5) is 14.3. The zero-order valence-corrected chi connectivity index (χ0v) is 11.7. The highest BCUT2D eigenvalue weighted by molar-refractivity contribution is 5.81. The van der Waals surface area contributed by atoms with Crippen LogP contribution in [-0.4, -0.2) is 55.6 Å². The van der Waals surface area contributed by atoms with Gasteiger partial charge in [0, 0.05) is 38.8 Å². The van der Waals surface area contributed by atoms with Gasteiger partial charge in [-0.3, -0.25) is 9.69 Å². The van der Waals surface area contributed by atoms with Crippen molar-refractivity contribution >= 4 is 5.91 Å². The van der Waals surface area contributed by atoms with Crippen LogP contribution in [0.15, 0.2) is 0 Å². The van der Waals surface area contributed by atoms with Crippen molar-refractivity contribution in [2.24, 2.45) is 5.73 Å². The molecule has 1 saturated heterocycles. The number of rotatable bonds is 7. The lowest BCUT2D eigenvalue weighted by Crippen LogP contribution is -2.60. The molecule has 5 nitrogen and oxygen atoms in total. The monoisotopic (exact) mass is 256 g/mol. The van der Waals surface area contributed by atoms with Gasteiger partial charge in [-0.1, -0.05) is 19.8 Å². The fourth-order valence-corrected chi connectivity index (χ4v) is 2.39. The number of hydrogen-bond donors (Lipinski definition) is 3. The summed E-state index contributed by atoms with van der Waals surface area (Å²) < 4.78 is 0. The van der Waals surface area contributed by atoms with Crippen molar-refractivity contribution in [3.05, 3.63) is 0 Å². The largest absolute Gasteiger partial charge is 0.355 e. The Morgan fingerprint density at radius 3 is 3.00 bits per heavy atom. The summed E-state index contributed by atoms with van der Waals surface area (Å²) in [6.07, 6.45) is 3.42. The highest BCUT2D eigenvalue weighted by atomic mass is 16.2. The Morgan fingerprint density at radius 2 is 2.33 bits per heavy atom. The molecule has 0 aliphatic carbocycles. The topological polar surface area (TPSA) is 70.4 Å². The second-order valence-electron chi connectivity index (χ2n) is 5.01. The van der Waals surface area contributed by atoms with E-state index in [1.54, 1.807) is 0 Å². The first-order chi connectivity index (χ1) is 8.70. The van der Waals surface area contributed by atoms with Crippen LogP contribution in [0.2, 0.25) is 0 Å². The van der Waals surface area contributed by atoms with Crippen LogP contribution in [0, 0.1) is 0 Å². The minimum absolute atomic E-state index is 0.0812. The van der Waals surface area contributed by atoms with Crippen LogP contribution in [0.4, 0.5) is 0 Å². The number of carbonyl (C=O) groups excluding carboxylic acids is 1. The normalized spacial score (nSPS) is 22.7. The number of carbonyl (C=O) groups is 1. The van der Waals surface area contributed by atoms with Gasteiger partial charge in [0.25, 0.3) is 0 Å². The molecule has 0 aromatic heterocycles. The molecule has 1 fully saturated rings. The Balaban J connectivity index is 2.36. The summed E-state index contributed by atoms with van der Waals surface area (Å²) in [7, 11) is 0. The minimum Gasteiger partial charge on any atom is -0.355 e. The SMILES string of the molecule is CCCCCNC(=O)C(C)N1CCNCC1CN. The van der Waals surface area contributed by atoms with Crippen molar-refractivity contribution in [3.8, 4) is 0 Å². The van der Waals surface area contributed by atoms with Crippen LogP contribution in [0.25, 0.3) is 0 Å². The van der Waals surface area contributed by atoms with E-state index in [2.05, 4.69) is 22.5 Å². The van der Waals surface area contributed by atoms with Gasteiger partial charge in [-0.15, -0.1) is 0 Å². The van der Waals surface area contributed by atoms with Gasteiger partial charge in [-0.2, -0.15) is 0 Å². The van der Waals surface area contributed by atoms with Gasteiger partial charge in [0.05, 0.1) is 6.04 Å². The first kappa shape index (κ1) is 15.4. The van der Waals surface area contributed by atoms with E-state index in [9.17, 15) is 4.79 Å². The van der Waals surface area contributed by atoms with E-state index >= 15 is 0 Å². The maximum absolute atomic E-state index is 12.1. The molecule has 4 N–H and O–H groups in total. The molecule has 1 rings (SSSR count). The van der Waals surface area contributed by atoms with E-state index in [1.807, 2.05) is 6.92 Å². The molecule has 18 heavy (non-hydrogen) atoms. The van der Waals surface area contributed by atoms with E-state index < -0.39 is 0 Å². The summed E-state index contributed by atoms with van der Waals surface area (Å²) >= 11 is 0. The number of nitrogens with two attached hydrogens (primary N) is 1. The Kier molecular flexibility index (Phi) is 7.23. The quantitative estimate of drug-likeness (QED) is 0.557. The summed E-state index contributed by atoms with van der Waals surface area (Å²) in [5, 5.41) is 6.33. The number of nitrogens with zero attached hydrogens (tertiary/aromatic N) is 1. The molecule has 2 atom stereocenters. The standard InChI is InChI=1S/C13H28N4O/c1-3-4-5-6-16-13(18)11(2)17-8-7-15-10-12(17)9-14/h11-12,15H,3-10,14H2,1-2H3,(H,16,18). The van der Waals surface area contributed by atoms with Crippen LogP contribution >= 0.6 is 0 Å². The molecule has 0 aromatic carbocycles. The third kappa shape index (κ3) is 4.55. The molecule has 0 aromatic rings. The van der Waals surface area contributed by atoms with Gasteiger partial charge in [0.15, 0.2) is 0 Å². The smallest absolute Gasteiger partial charge is 0.237 e. The lowest BCUT2D eigenvalue weighted by Gasteiger charge is -2.38. The summed E-state index contributed by atoms with van der Waals surface area (Å²) in [5.41, 5.74) is 5.76. The summed E-state index contributed by atoms with van der Waals surface area (Å²) in [5.74, 6) is 0.131. The number of nitrogens with one attached hydrogen (secondary N) is 2. The molecular weight excluding hydrogens is 228 g/mol. The average Bonchev–Trinajstić information content (AvgIpc) is 2.42. The van der Waals surface area contributed by atoms with E-state index in [-0.39, 0.29) is 18.0 Å². The molecule has 0 saturated carbocycles. The maximum atomic E-state index is 12.1. The number of unbranched alkanes of at least 4 members (excludes halogenated alkanes) is 2. The fourth-order valence-electron chi connectivity index (χ4n) is 2.39. The zero-order chi connectivity index (χ0) is 13.4. The van der Waals surface area contributed by atoms with Gasteiger partial charge in [0.1, 0.15) is 0 Å². The van der Waals surface area contributed by atoms with Crippen LogP contribution < -0.4 is 16.4 Å². The van der Waals surface area contributed by atoms with Gasteiger partial charge in [-0.05, 0) is 13.3 Å². The third-order valence-electron chi connectivity index (χ3n) is 3.62. The van der Waals surface area contributed by atoms with Crippen molar-refractivity contribution in [1.29, 1.82) is 0 Å². The molecule has 1 aliphatic rings. The second-order valence-corrected chi connectivity index (χ2v) is 5.01. The Bertz CT molecular complexity index is 247. The van der Waals surface area contributed by atoms with Crippen LogP contribution in [-0.2, 0) is 4.79 Å². The molecule has 2 unspecified atom stereocenters. The molecule has 1 heterocycles. The molecule has 1 aliphatic heterocycles. The highest BCUT2D eigenvalue weighted by Crippen LogP contribution is 2.08. The lowest BCUT2D eigenvalue weighted by molar-refractivity contribution is -0.127. The molecule has 106 valence electrons. The van der Waals surface area contributed by atoms with E-state index in [0.29, 0.717) is 6.54 Å². The van der Waals surface area contributed by atoms with E-state index in [1.165, 1.54) is 12.8 Å². The molecule has 0 spiro atoms. The first-order valence-corrected chi connectivity index (χ1v) is 7.15. The predicted octanol–water partition coefficient (Wildman–Crippen LogP) is -0.0862. The Hall–Kier alpha value is -0.650. The van der Waals surface area contributed by atoms with Gasteiger partial charge in [0.2, 0.25) is 5.91 Å². The first-order valence-electron chi connectivity index (χ1n) is 7.15.